The molecule has 1 aromatic rings. The van der Waals surface area contributed by atoms with Crippen molar-refractivity contribution in [3.63, 3.8) is 0 Å². The van der Waals surface area contributed by atoms with Crippen molar-refractivity contribution in [3.8, 4) is 0 Å². The van der Waals surface area contributed by atoms with E-state index < -0.39 is 18.1 Å². The Hall–Kier alpha value is -1.95. The number of unbranched alkanes of at least 4 members (excludes halogenated alkanes) is 1. The van der Waals surface area contributed by atoms with Gasteiger partial charge in [0.25, 0.3) is 0 Å². The average Bonchev–Trinajstić information content (AvgIpc) is 2.55. The number of nitrogens with one attached hydrogen (secondary N) is 2. The van der Waals surface area contributed by atoms with E-state index >= 15 is 0 Å². The van der Waals surface area contributed by atoms with Crippen molar-refractivity contribution in [2.75, 3.05) is 13.7 Å². The summed E-state index contributed by atoms with van der Waals surface area (Å²) in [6.07, 6.45) is 1.95. The minimum atomic E-state index is -0.791. The summed E-state index contributed by atoms with van der Waals surface area (Å²) in [5, 5.41) is 5.51. The smallest absolute Gasteiger partial charge is 0.328 e. The van der Waals surface area contributed by atoms with Gasteiger partial charge in [0.2, 0.25) is 5.91 Å². The van der Waals surface area contributed by atoms with E-state index in [0.29, 0.717) is 6.61 Å². The van der Waals surface area contributed by atoms with Gasteiger partial charge in [0.15, 0.2) is 0 Å². The molecule has 0 bridgehead atoms. The predicted octanol–water partition coefficient (Wildman–Crippen LogP) is 1.80. The van der Waals surface area contributed by atoms with Gasteiger partial charge in [0.05, 0.1) is 12.6 Å². The summed E-state index contributed by atoms with van der Waals surface area (Å²) in [6, 6.07) is 4.62. The lowest BCUT2D eigenvalue weighted by molar-refractivity contribution is -0.148. The van der Waals surface area contributed by atoms with E-state index in [2.05, 4.69) is 10.6 Å². The lowest BCUT2D eigenvalue weighted by Gasteiger charge is -2.20. The first-order valence-electron chi connectivity index (χ1n) is 7.86. The number of benzene rings is 1. The fourth-order valence-corrected chi connectivity index (χ4v) is 1.89. The van der Waals surface area contributed by atoms with E-state index in [4.69, 9.17) is 4.74 Å². The van der Waals surface area contributed by atoms with Crippen LogP contribution in [-0.4, -0.2) is 37.6 Å². The van der Waals surface area contributed by atoms with E-state index in [0.717, 1.165) is 18.4 Å². The van der Waals surface area contributed by atoms with Crippen LogP contribution in [0.5, 0.6) is 0 Å². The summed E-state index contributed by atoms with van der Waals surface area (Å²) >= 11 is 0. The second-order valence-electron chi connectivity index (χ2n) is 5.42. The van der Waals surface area contributed by atoms with Crippen LogP contribution in [0.15, 0.2) is 24.3 Å². The molecular formula is C17H25FN2O3. The Balaban J connectivity index is 2.76. The second-order valence-corrected chi connectivity index (χ2v) is 5.42. The number of halogens is 1. The Morgan fingerprint density at radius 2 is 1.91 bits per heavy atom. The molecule has 23 heavy (non-hydrogen) atoms. The first-order valence-corrected chi connectivity index (χ1v) is 7.86. The summed E-state index contributed by atoms with van der Waals surface area (Å²) in [4.78, 5) is 24.2. The number of esters is 1. The Morgan fingerprint density at radius 1 is 1.26 bits per heavy atom. The lowest BCUT2D eigenvalue weighted by Crippen LogP contribution is -2.49. The molecule has 2 N–H and O–H groups in total. The van der Waals surface area contributed by atoms with Gasteiger partial charge in [-0.15, -0.1) is 0 Å². The van der Waals surface area contributed by atoms with Gasteiger partial charge in [-0.1, -0.05) is 25.5 Å². The molecule has 0 aromatic heterocycles. The van der Waals surface area contributed by atoms with E-state index in [-0.39, 0.29) is 18.1 Å². The third-order valence-corrected chi connectivity index (χ3v) is 3.52. The number of hydrogen-bond donors (Lipinski definition) is 2. The van der Waals surface area contributed by atoms with Gasteiger partial charge >= 0.3 is 5.97 Å². The summed E-state index contributed by atoms with van der Waals surface area (Å²) < 4.78 is 18.2. The monoisotopic (exact) mass is 324 g/mol. The normalized spacial score (nSPS) is 13.2. The number of carbonyl (C=O) groups excluding carboxylic acids is 2. The van der Waals surface area contributed by atoms with Crippen LogP contribution in [0, 0.1) is 5.82 Å². The van der Waals surface area contributed by atoms with Crippen LogP contribution in [0.1, 0.15) is 32.3 Å². The molecule has 2 atom stereocenters. The van der Waals surface area contributed by atoms with Crippen molar-refractivity contribution in [2.45, 2.75) is 45.2 Å². The second kappa shape index (κ2) is 9.94. The highest BCUT2D eigenvalue weighted by atomic mass is 19.1. The zero-order chi connectivity index (χ0) is 17.2. The van der Waals surface area contributed by atoms with Crippen LogP contribution < -0.4 is 10.6 Å². The number of carbonyl (C=O) groups is 2. The first-order chi connectivity index (χ1) is 11.0. The molecule has 0 aliphatic rings. The van der Waals surface area contributed by atoms with Crippen LogP contribution in [0.4, 0.5) is 4.39 Å². The molecule has 0 aliphatic heterocycles. The minimum Gasteiger partial charge on any atom is -0.464 e. The van der Waals surface area contributed by atoms with Crippen molar-refractivity contribution < 1.29 is 18.7 Å². The molecule has 0 radical (unpaired) electrons. The molecule has 6 heteroatoms. The number of rotatable bonds is 9. The Morgan fingerprint density at radius 3 is 2.48 bits per heavy atom. The topological polar surface area (TPSA) is 67.4 Å². The van der Waals surface area contributed by atoms with E-state index in [1.807, 2.05) is 6.92 Å². The largest absolute Gasteiger partial charge is 0.464 e. The standard InChI is InChI=1S/C17H25FN2O3/c1-4-5-10-23-17(22)15(20-16(21)12(2)19-3)11-13-6-8-14(18)9-7-13/h6-9,12,15,19H,4-5,10-11H2,1-3H3,(H,20,21)/t12-,15-/m1/s1. The van der Waals surface area contributed by atoms with Gasteiger partial charge in [0, 0.05) is 6.42 Å². The highest BCUT2D eigenvalue weighted by molar-refractivity contribution is 5.87. The van der Waals surface area contributed by atoms with Crippen LogP contribution in [-0.2, 0) is 20.7 Å². The molecule has 0 saturated heterocycles. The zero-order valence-electron chi connectivity index (χ0n) is 13.9. The number of hydrogen-bond acceptors (Lipinski definition) is 4. The van der Waals surface area contributed by atoms with E-state index in [1.165, 1.54) is 12.1 Å². The molecule has 0 aliphatic carbocycles. The molecule has 0 saturated carbocycles. The maximum Gasteiger partial charge on any atom is 0.328 e. The van der Waals surface area contributed by atoms with Gasteiger partial charge in [-0.25, -0.2) is 9.18 Å². The number of ether oxygens (including phenoxy) is 1. The molecule has 1 rings (SSSR count). The maximum absolute atomic E-state index is 13.0. The molecule has 0 heterocycles. The predicted molar refractivity (Wildman–Crippen MR) is 86.4 cm³/mol. The van der Waals surface area contributed by atoms with Crippen molar-refractivity contribution in [3.05, 3.63) is 35.6 Å². The van der Waals surface area contributed by atoms with Crippen molar-refractivity contribution in [2.24, 2.45) is 0 Å². The highest BCUT2D eigenvalue weighted by Gasteiger charge is 2.24. The molecule has 1 aromatic carbocycles. The molecule has 0 unspecified atom stereocenters. The van der Waals surface area contributed by atoms with E-state index in [9.17, 15) is 14.0 Å². The van der Waals surface area contributed by atoms with Crippen LogP contribution in [0.25, 0.3) is 0 Å². The van der Waals surface area contributed by atoms with Crippen molar-refractivity contribution in [1.29, 1.82) is 0 Å². The fourth-order valence-electron chi connectivity index (χ4n) is 1.89. The quantitative estimate of drug-likeness (QED) is 0.537. The third-order valence-electron chi connectivity index (χ3n) is 3.52. The minimum absolute atomic E-state index is 0.257. The van der Waals surface area contributed by atoms with Gasteiger partial charge in [-0.05, 0) is 38.1 Å². The summed E-state index contributed by atoms with van der Waals surface area (Å²) in [5.41, 5.74) is 0.751. The molecule has 0 fully saturated rings. The summed E-state index contributed by atoms with van der Waals surface area (Å²) in [5.74, 6) is -1.10. The molecular weight excluding hydrogens is 299 g/mol. The highest BCUT2D eigenvalue weighted by Crippen LogP contribution is 2.08. The molecule has 0 spiro atoms. The number of likely N-dealkylation sites (N-methyl/N-ethyl adjacent to an activating group) is 1. The van der Waals surface area contributed by atoms with Gasteiger partial charge in [-0.2, -0.15) is 0 Å². The maximum atomic E-state index is 13.0. The SMILES string of the molecule is CCCCOC(=O)[C@@H](Cc1ccc(F)cc1)NC(=O)[C@@H](C)NC. The van der Waals surface area contributed by atoms with Gasteiger partial charge in [0.1, 0.15) is 11.9 Å². The van der Waals surface area contributed by atoms with Crippen LogP contribution in [0.2, 0.25) is 0 Å². The molecule has 128 valence electrons. The molecule has 5 nitrogen and oxygen atoms in total. The van der Waals surface area contributed by atoms with Gasteiger partial charge < -0.3 is 15.4 Å². The molecule has 1 amide bonds. The zero-order valence-corrected chi connectivity index (χ0v) is 13.9. The van der Waals surface area contributed by atoms with Crippen LogP contribution >= 0.6 is 0 Å². The Bertz CT molecular complexity index is 505. The van der Waals surface area contributed by atoms with Crippen molar-refractivity contribution in [1.82, 2.24) is 10.6 Å². The van der Waals surface area contributed by atoms with Crippen molar-refractivity contribution >= 4 is 11.9 Å². The van der Waals surface area contributed by atoms with Crippen LogP contribution in [0.3, 0.4) is 0 Å². The summed E-state index contributed by atoms with van der Waals surface area (Å²) in [7, 11) is 1.67. The fraction of sp³-hybridized carbons (Fsp3) is 0.529. The number of amides is 1. The van der Waals surface area contributed by atoms with Gasteiger partial charge in [-0.3, -0.25) is 4.79 Å². The van der Waals surface area contributed by atoms with E-state index in [1.54, 1.807) is 26.1 Å². The average molecular weight is 324 g/mol. The summed E-state index contributed by atoms with van der Waals surface area (Å²) in [6.45, 7) is 4.03. The first kappa shape index (κ1) is 19.1. The Kier molecular flexibility index (Phi) is 8.26. The Labute approximate surface area is 136 Å². The lowest BCUT2D eigenvalue weighted by atomic mass is 10.1. The third kappa shape index (κ3) is 6.78.